The summed E-state index contributed by atoms with van der Waals surface area (Å²) in [5, 5.41) is 58.5. The highest BCUT2D eigenvalue weighted by molar-refractivity contribution is 5.85. The monoisotopic (exact) mass is 1870 g/mol. The van der Waals surface area contributed by atoms with Gasteiger partial charge in [-0.25, -0.2) is 28.2 Å². The number of ketones is 4. The van der Waals surface area contributed by atoms with Gasteiger partial charge in [-0.1, -0.05) is 57.4 Å². The molecule has 0 spiro atoms. The molecule has 16 aliphatic carbocycles. The van der Waals surface area contributed by atoms with Crippen LogP contribution in [0.3, 0.4) is 0 Å². The van der Waals surface area contributed by atoms with Crippen molar-refractivity contribution < 1.29 is 74.7 Å². The van der Waals surface area contributed by atoms with Crippen LogP contribution >= 0.6 is 0 Å². The van der Waals surface area contributed by atoms with Crippen LogP contribution in [0.4, 0.5) is 57.9 Å². The molecule has 0 amide bonds. The fraction of sp³-hybridized carbons (Fsp3) is 0.811. The van der Waals surface area contributed by atoms with Crippen LogP contribution in [-0.2, 0) is 45.4 Å². The Morgan fingerprint density at radius 3 is 0.754 bits per heavy atom. The van der Waals surface area contributed by atoms with Crippen LogP contribution in [0.1, 0.15) is 291 Å². The van der Waals surface area contributed by atoms with Gasteiger partial charge >= 0.3 is 12.4 Å². The summed E-state index contributed by atoms with van der Waals surface area (Å²) in [4.78, 5) is 66.6. The normalized spacial score (nSPS) is 43.8. The van der Waals surface area contributed by atoms with Crippen molar-refractivity contribution >= 4 is 45.9 Å². The second-order valence-corrected chi connectivity index (χ2v) is 47.0. The molecular formula is C106H152F8N12O8. The summed E-state index contributed by atoms with van der Waals surface area (Å²) in [5.74, 6) is 0.834. The van der Waals surface area contributed by atoms with Crippen LogP contribution in [-0.4, -0.2) is 130 Å². The average molecular weight is 1870 g/mol. The summed E-state index contributed by atoms with van der Waals surface area (Å²) < 4.78 is 122. The van der Waals surface area contributed by atoms with Gasteiger partial charge in [0, 0.05) is 36.6 Å². The van der Waals surface area contributed by atoms with Crippen molar-refractivity contribution in [3.05, 3.63) is 95.2 Å². The van der Waals surface area contributed by atoms with Gasteiger partial charge in [0.15, 0.2) is 23.1 Å². The number of carbonyl (C=O) groups excluding carboxylic acids is 4. The van der Waals surface area contributed by atoms with E-state index in [1.165, 1.54) is 55.9 Å². The summed E-state index contributed by atoms with van der Waals surface area (Å²) in [7, 11) is 0. The van der Waals surface area contributed by atoms with Crippen LogP contribution in [0.25, 0.3) is 19.4 Å². The van der Waals surface area contributed by atoms with E-state index in [2.05, 4.69) is 53.6 Å². The van der Waals surface area contributed by atoms with E-state index in [1.807, 2.05) is 41.5 Å². The molecule has 0 aromatic carbocycles. The van der Waals surface area contributed by atoms with Gasteiger partial charge in [0.05, 0.1) is 123 Å². The molecule has 4 aromatic heterocycles. The molecule has 16 saturated carbocycles. The van der Waals surface area contributed by atoms with E-state index in [0.29, 0.717) is 120 Å². The summed E-state index contributed by atoms with van der Waals surface area (Å²) in [6.45, 7) is 44.0. The van der Waals surface area contributed by atoms with E-state index in [9.17, 15) is 65.9 Å². The first-order chi connectivity index (χ1) is 61.3. The van der Waals surface area contributed by atoms with E-state index >= 15 is 8.78 Å². The molecule has 16 aliphatic rings. The molecule has 0 radical (unpaired) electrons. The highest BCUT2D eigenvalue weighted by Gasteiger charge is 2.71. The zero-order chi connectivity index (χ0) is 92.9. The number of hydrogen-bond acceptors (Lipinski definition) is 12. The zero-order valence-corrected chi connectivity index (χ0v) is 77.1. The number of carbonyl (C=O) groups is 4. The van der Waals surface area contributed by atoms with Gasteiger partial charge in [0.25, 0.3) is 0 Å². The Balaban J connectivity index is 0.000000150. The predicted molar refractivity (Wildman–Crippen MR) is 496 cm³/mol. The number of rotatable bonds is 12. The second kappa shape index (κ2) is 38.7. The van der Waals surface area contributed by atoms with E-state index in [-0.39, 0.29) is 138 Å². The number of fused-ring (bicyclic) bond motifs is 20. The molecule has 0 saturated heterocycles. The van der Waals surface area contributed by atoms with Crippen molar-refractivity contribution in [2.45, 2.75) is 364 Å². The molecule has 0 bridgehead atoms. The minimum atomic E-state index is -4.41. The molecule has 13 unspecified atom stereocenters. The van der Waals surface area contributed by atoms with Crippen molar-refractivity contribution in [3.8, 4) is 0 Å². The maximum absolute atomic E-state index is 15.4. The van der Waals surface area contributed by atoms with Crippen molar-refractivity contribution in [3.63, 3.8) is 0 Å². The van der Waals surface area contributed by atoms with Crippen LogP contribution < -0.4 is 0 Å². The molecule has 20 nitrogen and oxygen atoms in total. The smallest absolute Gasteiger partial charge is 0.390 e. The summed E-state index contributed by atoms with van der Waals surface area (Å²) in [6, 6.07) is 0. The first-order valence-electron chi connectivity index (χ1n) is 49.3. The third kappa shape index (κ3) is 19.5. The van der Waals surface area contributed by atoms with Crippen LogP contribution in [0, 0.1) is 202 Å². The quantitative estimate of drug-likeness (QED) is 0.0765. The largest absolute Gasteiger partial charge is 0.392 e. The predicted octanol–water partition coefficient (Wildman–Crippen LogP) is 24.1. The standard InChI is InChI=1S/2C26H34F3N3O2.2C25H34FN3O2.4CH4/c2*1-24(34)8-6-17-15(11-24)4-5-19-18(17)7-9-25(2)20(19)10-21(26(27,28)29)23(25)22(33)14-32-13-16(30-3)12-31-32;2*1-24(31)8-6-17-15(11-24)4-5-19-18(17)7-9-25(2)20(19)10-21(26)23(25)22(30)14-29-13-16(27-3)12-28-29;;;;/h2*12-13,15,17-21,23,34H,4-11,14H2,1-2H3;2*12-13,15,17-21,23,31H,4-11,14H2,1-2H3;4*1H4/t15-,17+,18?,19?,20?,21+,23-,24-,25+;15-,17+,18?,19?,20?,21-,23-,24-,25+;15-,17+,18?,19?,20?,21+,23?,24-,25+;15-,17+,18?,19?,20?,21-,23-,24-,25+;;;;/m1111..../s1. The SMILES string of the molecule is C.C.C.C.[C-]#[N+]c1cnn(CC(=O)C2[C@@H](F)CC3C4CC[C@@H]5C[C@](C)(O)CC[C@@H]5C4CC[C@@]32C)c1.[C-]#[N+]c1cnn(CC(=O)[C@H]2[C@@H](C(F)(F)F)CC3C4CC[C@@H]5C[C@](C)(O)CC[C@@H]5C4CC[C@@]32C)c1.[C-]#[N+]c1cnn(CC(=O)[C@H]2[C@H](C(F)(F)F)CC3C4CC[C@@H]5C[C@](C)(O)CC[C@@H]5C4CC[C@@]32C)c1.[C-]#[N+]c1cnn(CC(=O)[C@H]2[C@H](F)CC3C4CC[C@@H]5C[C@](C)(O)CC[C@@H]5C4CC[C@@]32C)c1. The minimum Gasteiger partial charge on any atom is -0.390 e. The molecular weight excluding hydrogens is 1720 g/mol. The van der Waals surface area contributed by atoms with Crippen LogP contribution in [0.15, 0.2) is 49.6 Å². The topological polar surface area (TPSA) is 238 Å². The maximum Gasteiger partial charge on any atom is 0.392 e. The third-order valence-corrected chi connectivity index (χ3v) is 39.5. The van der Waals surface area contributed by atoms with E-state index in [1.54, 1.807) is 12.4 Å². The molecule has 36 atom stereocenters. The highest BCUT2D eigenvalue weighted by atomic mass is 19.4. The van der Waals surface area contributed by atoms with E-state index in [0.717, 1.165) is 167 Å². The second-order valence-electron chi connectivity index (χ2n) is 47.0. The molecule has 4 aromatic rings. The average Bonchev–Trinajstić information content (AvgIpc) is 1.54. The lowest BCUT2D eigenvalue weighted by Crippen LogP contribution is -2.51. The van der Waals surface area contributed by atoms with E-state index < -0.39 is 105 Å². The molecule has 134 heavy (non-hydrogen) atoms. The van der Waals surface area contributed by atoms with Gasteiger partial charge in [-0.05, 0) is 373 Å². The number of hydrogen-bond donors (Lipinski definition) is 4. The van der Waals surface area contributed by atoms with Crippen molar-refractivity contribution in [1.29, 1.82) is 0 Å². The lowest BCUT2D eigenvalue weighted by Gasteiger charge is -2.56. The number of Topliss-reactive ketones (excluding diaryl/α,β-unsaturated/α-hetero) is 4. The van der Waals surface area contributed by atoms with Gasteiger partial charge in [0.1, 0.15) is 12.3 Å². The first-order valence-corrected chi connectivity index (χ1v) is 49.3. The Morgan fingerprint density at radius 2 is 0.537 bits per heavy atom. The van der Waals surface area contributed by atoms with E-state index in [4.69, 9.17) is 26.3 Å². The Kier molecular flexibility index (Phi) is 30.1. The van der Waals surface area contributed by atoms with Crippen LogP contribution in [0.2, 0.25) is 0 Å². The molecule has 20 rings (SSSR count). The number of nitrogens with zero attached hydrogens (tertiary/aromatic N) is 12. The summed E-state index contributed by atoms with van der Waals surface area (Å²) in [6.07, 6.45) is 27.8. The minimum absolute atomic E-state index is 0. The van der Waals surface area contributed by atoms with Gasteiger partial charge in [0.2, 0.25) is 22.7 Å². The molecule has 16 fully saturated rings. The lowest BCUT2D eigenvalue weighted by molar-refractivity contribution is -0.191. The summed E-state index contributed by atoms with van der Waals surface area (Å²) >= 11 is 0. The van der Waals surface area contributed by atoms with Gasteiger partial charge in [-0.3, -0.25) is 37.9 Å². The van der Waals surface area contributed by atoms with Crippen molar-refractivity contribution in [2.24, 2.45) is 176 Å². The van der Waals surface area contributed by atoms with Gasteiger partial charge < -0.3 is 20.4 Å². The number of halogens is 8. The Hall–Kier alpha value is -7.24. The fourth-order valence-corrected chi connectivity index (χ4v) is 34.3. The maximum atomic E-state index is 15.4. The summed E-state index contributed by atoms with van der Waals surface area (Å²) in [5.41, 5.74) is -2.81. The number of aromatic nitrogens is 8. The fourth-order valence-electron chi connectivity index (χ4n) is 34.3. The number of aliphatic hydroxyl groups is 4. The first kappa shape index (κ1) is 104. The molecule has 740 valence electrons. The van der Waals surface area contributed by atoms with Crippen molar-refractivity contribution in [1.82, 2.24) is 39.1 Å². The van der Waals surface area contributed by atoms with Gasteiger partial charge in [-0.15, -0.1) is 0 Å². The molecule has 28 heteroatoms. The Morgan fingerprint density at radius 1 is 0.328 bits per heavy atom. The van der Waals surface area contributed by atoms with Crippen LogP contribution in [0.5, 0.6) is 0 Å². The zero-order valence-electron chi connectivity index (χ0n) is 77.1. The molecule has 4 heterocycles. The van der Waals surface area contributed by atoms with Crippen molar-refractivity contribution in [2.75, 3.05) is 0 Å². The third-order valence-electron chi connectivity index (χ3n) is 39.5. The molecule has 0 aliphatic heterocycles. The Bertz CT molecular complexity index is 4720. The Labute approximate surface area is 790 Å². The van der Waals surface area contributed by atoms with Gasteiger partial charge in [-0.2, -0.15) is 46.7 Å². The lowest BCUT2D eigenvalue weighted by atomic mass is 9.49. The highest BCUT2D eigenvalue weighted by Crippen LogP contribution is 2.73. The number of alkyl halides is 8. The molecule has 4 N–H and O–H groups in total.